The largest absolute Gasteiger partial charge is 0.380 e. The van der Waals surface area contributed by atoms with Gasteiger partial charge < -0.3 is 5.32 Å². The Labute approximate surface area is 241 Å². The van der Waals surface area contributed by atoms with Crippen LogP contribution in [0.25, 0.3) is 0 Å². The highest BCUT2D eigenvalue weighted by Gasteiger charge is 2.55. The molecular formula is C36H51NSi2. The molecule has 0 saturated heterocycles. The zero-order chi connectivity index (χ0) is 28.5. The molecule has 39 heavy (non-hydrogen) atoms. The fraction of sp³-hybridized carbons (Fsp3) is 0.389. The Hall–Kier alpha value is -2.63. The van der Waals surface area contributed by atoms with Crippen LogP contribution < -0.4 is 15.7 Å². The van der Waals surface area contributed by atoms with E-state index in [9.17, 15) is 0 Å². The number of unbranched alkanes of at least 4 members (excludes halogenated alkanes) is 2. The Bertz CT molecular complexity index is 1150. The van der Waals surface area contributed by atoms with Crippen molar-refractivity contribution in [2.45, 2.75) is 90.1 Å². The van der Waals surface area contributed by atoms with Gasteiger partial charge in [-0.25, -0.2) is 0 Å². The van der Waals surface area contributed by atoms with Crippen LogP contribution in [-0.2, 0) is 0 Å². The van der Waals surface area contributed by atoms with E-state index in [2.05, 4.69) is 156 Å². The minimum absolute atomic E-state index is 0.0386. The van der Waals surface area contributed by atoms with Gasteiger partial charge in [0.15, 0.2) is 8.07 Å². The molecule has 0 aliphatic rings. The lowest BCUT2D eigenvalue weighted by molar-refractivity contribution is 0.680. The van der Waals surface area contributed by atoms with Crippen molar-refractivity contribution < 1.29 is 0 Å². The Morgan fingerprint density at radius 2 is 1.28 bits per heavy atom. The predicted octanol–water partition coefficient (Wildman–Crippen LogP) is 9.40. The first-order chi connectivity index (χ1) is 18.6. The van der Waals surface area contributed by atoms with Crippen molar-refractivity contribution in [1.82, 2.24) is 0 Å². The van der Waals surface area contributed by atoms with E-state index >= 15 is 0 Å². The molecule has 0 bridgehead atoms. The highest BCUT2D eigenvalue weighted by atomic mass is 28.3. The van der Waals surface area contributed by atoms with Gasteiger partial charge in [-0.1, -0.05) is 166 Å². The maximum Gasteiger partial charge on any atom is 0.150 e. The van der Waals surface area contributed by atoms with Crippen molar-refractivity contribution in [3.63, 3.8) is 0 Å². The van der Waals surface area contributed by atoms with E-state index < -0.39 is 16.1 Å². The number of anilines is 1. The Kier molecular flexibility index (Phi) is 10.8. The minimum atomic E-state index is -2.54. The number of hydrogen-bond donors (Lipinski definition) is 1. The summed E-state index contributed by atoms with van der Waals surface area (Å²) in [4.78, 5) is 0. The third-order valence-electron chi connectivity index (χ3n) is 8.20. The van der Waals surface area contributed by atoms with Crippen molar-refractivity contribution in [2.24, 2.45) is 0 Å². The summed E-state index contributed by atoms with van der Waals surface area (Å²) < 4.78 is 0. The van der Waals surface area contributed by atoms with Crippen LogP contribution in [0.2, 0.25) is 24.7 Å². The van der Waals surface area contributed by atoms with Gasteiger partial charge in [0.05, 0.1) is 8.07 Å². The van der Waals surface area contributed by atoms with E-state index in [1.807, 2.05) is 0 Å². The van der Waals surface area contributed by atoms with Crippen molar-refractivity contribution in [3.8, 4) is 0 Å². The highest BCUT2D eigenvalue weighted by molar-refractivity contribution is 7.06. The van der Waals surface area contributed by atoms with Crippen molar-refractivity contribution in [1.29, 1.82) is 0 Å². The first-order valence-electron chi connectivity index (χ1n) is 14.8. The van der Waals surface area contributed by atoms with Gasteiger partial charge >= 0.3 is 0 Å². The van der Waals surface area contributed by atoms with E-state index in [1.165, 1.54) is 35.3 Å². The molecule has 1 atom stereocenters. The molecule has 0 fully saturated rings. The molecule has 3 aromatic rings. The van der Waals surface area contributed by atoms with Gasteiger partial charge in [-0.3, -0.25) is 0 Å². The predicted molar refractivity (Wildman–Crippen MR) is 181 cm³/mol. The summed E-state index contributed by atoms with van der Waals surface area (Å²) in [6.45, 7) is 21.6. The maximum absolute atomic E-state index is 4.25. The lowest BCUT2D eigenvalue weighted by Crippen LogP contribution is -2.74. The zero-order valence-corrected chi connectivity index (χ0v) is 27.6. The van der Waals surface area contributed by atoms with Crippen molar-refractivity contribution in [3.05, 3.63) is 114 Å². The van der Waals surface area contributed by atoms with Crippen LogP contribution in [0.1, 0.15) is 59.8 Å². The Balaban J connectivity index is 2.52. The van der Waals surface area contributed by atoms with Gasteiger partial charge in [-0.05, 0) is 36.4 Å². The van der Waals surface area contributed by atoms with Gasteiger partial charge in [0.1, 0.15) is 0 Å². The van der Waals surface area contributed by atoms with E-state index in [-0.39, 0.29) is 10.7 Å². The number of allylic oxidation sites excluding steroid dienone is 2. The topological polar surface area (TPSA) is 12.0 Å². The third kappa shape index (κ3) is 7.12. The van der Waals surface area contributed by atoms with E-state index in [0.717, 1.165) is 12.8 Å². The van der Waals surface area contributed by atoms with Gasteiger partial charge in [0.2, 0.25) is 0 Å². The molecule has 0 aromatic heterocycles. The van der Waals surface area contributed by atoms with Crippen molar-refractivity contribution >= 4 is 32.2 Å². The van der Waals surface area contributed by atoms with Crippen LogP contribution in [-0.4, -0.2) is 21.8 Å². The molecule has 0 aliphatic heterocycles. The lowest BCUT2D eigenvalue weighted by atomic mass is 10.0. The van der Waals surface area contributed by atoms with Gasteiger partial charge in [0, 0.05) is 11.4 Å². The molecule has 0 amide bonds. The molecule has 0 aliphatic carbocycles. The molecule has 3 heteroatoms. The SMILES string of the molecule is C=CC/C(=C(/CCCCC)C(Nc1ccccc1)[Si](c1ccccc1)(c1ccccc1)C(C)(C)C)[Si](C)(C)C. The molecule has 0 heterocycles. The van der Waals surface area contributed by atoms with Crippen LogP contribution in [0.15, 0.2) is 114 Å². The Morgan fingerprint density at radius 1 is 0.795 bits per heavy atom. The molecular weight excluding hydrogens is 503 g/mol. The second-order valence-electron chi connectivity index (χ2n) is 12.9. The summed E-state index contributed by atoms with van der Waals surface area (Å²) in [5.41, 5.74) is 3.07. The molecule has 1 nitrogen and oxygen atoms in total. The molecule has 1 N–H and O–H groups in total. The number of hydrogen-bond acceptors (Lipinski definition) is 1. The fourth-order valence-corrected chi connectivity index (χ4v) is 14.8. The summed E-state index contributed by atoms with van der Waals surface area (Å²) in [5, 5.41) is 8.97. The minimum Gasteiger partial charge on any atom is -0.380 e. The lowest BCUT2D eigenvalue weighted by Gasteiger charge is -2.51. The second kappa shape index (κ2) is 13.6. The number of benzene rings is 3. The van der Waals surface area contributed by atoms with Gasteiger partial charge in [0.25, 0.3) is 0 Å². The second-order valence-corrected chi connectivity index (χ2v) is 22.9. The van der Waals surface area contributed by atoms with Crippen LogP contribution in [0.5, 0.6) is 0 Å². The summed E-state index contributed by atoms with van der Waals surface area (Å²) in [6.07, 6.45) is 7.97. The summed E-state index contributed by atoms with van der Waals surface area (Å²) in [6, 6.07) is 33.9. The first kappa shape index (κ1) is 30.9. The zero-order valence-electron chi connectivity index (χ0n) is 25.6. The summed E-state index contributed by atoms with van der Waals surface area (Å²) in [7, 11) is -4.20. The average Bonchev–Trinajstić information content (AvgIpc) is 2.91. The quantitative estimate of drug-likeness (QED) is 0.126. The summed E-state index contributed by atoms with van der Waals surface area (Å²) in [5.74, 6) is 0. The molecule has 3 aromatic carbocycles. The smallest absolute Gasteiger partial charge is 0.150 e. The number of nitrogens with one attached hydrogen (secondary N) is 1. The Morgan fingerprint density at radius 3 is 1.69 bits per heavy atom. The van der Waals surface area contributed by atoms with Gasteiger partial charge in [-0.15, -0.1) is 6.58 Å². The first-order valence-corrected chi connectivity index (χ1v) is 20.4. The molecule has 208 valence electrons. The maximum atomic E-state index is 4.25. The molecule has 1 unspecified atom stereocenters. The third-order valence-corrected chi connectivity index (χ3v) is 16.7. The molecule has 0 spiro atoms. The van der Waals surface area contributed by atoms with Crippen LogP contribution in [0.3, 0.4) is 0 Å². The van der Waals surface area contributed by atoms with Crippen LogP contribution in [0, 0.1) is 0 Å². The fourth-order valence-electron chi connectivity index (χ4n) is 6.46. The normalized spacial score (nSPS) is 13.9. The number of para-hydroxylation sites is 1. The highest BCUT2D eigenvalue weighted by Crippen LogP contribution is 2.43. The van der Waals surface area contributed by atoms with Crippen LogP contribution >= 0.6 is 0 Å². The van der Waals surface area contributed by atoms with E-state index in [0.29, 0.717) is 0 Å². The van der Waals surface area contributed by atoms with Gasteiger partial charge in [-0.2, -0.15) is 0 Å². The van der Waals surface area contributed by atoms with Crippen LogP contribution in [0.4, 0.5) is 5.69 Å². The molecule has 0 saturated carbocycles. The average molecular weight is 554 g/mol. The molecule has 0 radical (unpaired) electrons. The van der Waals surface area contributed by atoms with E-state index in [1.54, 1.807) is 10.8 Å². The summed E-state index contributed by atoms with van der Waals surface area (Å²) >= 11 is 0. The standard InChI is InChI=1S/C36H51NSi2/c1-9-11-15-29-33(34(22-10-2)38(6,7)8)35(37-30-23-16-12-17-24-30)39(36(3,4)5,31-25-18-13-19-26-31)32-27-20-14-21-28-32/h10,12-14,16-21,23-28,35,37H,2,9,11,15,22,29H2,1,3-8H3/b34-33+. The van der Waals surface area contributed by atoms with E-state index in [4.69, 9.17) is 0 Å². The van der Waals surface area contributed by atoms with Crippen molar-refractivity contribution in [2.75, 3.05) is 5.32 Å². The molecule has 3 rings (SSSR count). The monoisotopic (exact) mass is 553 g/mol. The number of rotatable bonds is 13.